The first kappa shape index (κ1) is 18.3. The molecule has 0 bridgehead atoms. The van der Waals surface area contributed by atoms with E-state index in [-0.39, 0.29) is 25.0 Å². The van der Waals surface area contributed by atoms with Crippen molar-refractivity contribution in [3.05, 3.63) is 76.5 Å². The minimum atomic E-state index is -0.348. The van der Waals surface area contributed by atoms with E-state index in [0.29, 0.717) is 6.54 Å². The van der Waals surface area contributed by atoms with Crippen molar-refractivity contribution in [2.75, 3.05) is 11.9 Å². The quantitative estimate of drug-likeness (QED) is 0.559. The average molecular weight is 440 g/mol. The Morgan fingerprint density at radius 2 is 1.89 bits per heavy atom. The lowest BCUT2D eigenvalue weighted by molar-refractivity contribution is -0.125. The summed E-state index contributed by atoms with van der Waals surface area (Å²) < 4.78 is 6.94. The molecule has 7 heteroatoms. The number of halogens is 1. The van der Waals surface area contributed by atoms with Crippen LogP contribution in [0.5, 0.6) is 0 Å². The van der Waals surface area contributed by atoms with E-state index in [1.54, 1.807) is 0 Å². The van der Waals surface area contributed by atoms with Crippen molar-refractivity contribution in [3.8, 4) is 11.3 Å². The number of nitrogens with one attached hydrogen (secondary N) is 2. The second-order valence-corrected chi connectivity index (χ2v) is 7.38. The second kappa shape index (κ2) is 7.90. The lowest BCUT2D eigenvalue weighted by Crippen LogP contribution is -2.30. The van der Waals surface area contributed by atoms with Gasteiger partial charge in [0.15, 0.2) is 0 Å². The predicted octanol–water partition coefficient (Wildman–Crippen LogP) is 4.37. The van der Waals surface area contributed by atoms with Gasteiger partial charge in [-0.3, -0.25) is 9.69 Å². The van der Waals surface area contributed by atoms with Gasteiger partial charge in [-0.25, -0.2) is 4.79 Å². The highest BCUT2D eigenvalue weighted by molar-refractivity contribution is 9.10. The maximum Gasteiger partial charge on any atom is 0.324 e. The molecular weight excluding hydrogens is 422 g/mol. The molecule has 6 nitrogen and oxygen atoms in total. The Morgan fingerprint density at radius 3 is 2.64 bits per heavy atom. The van der Waals surface area contributed by atoms with Crippen LogP contribution >= 0.6 is 15.9 Å². The Morgan fingerprint density at radius 1 is 1.07 bits per heavy atom. The topological polar surface area (TPSA) is 74.6 Å². The Hall–Kier alpha value is -3.06. The number of amides is 3. The van der Waals surface area contributed by atoms with Gasteiger partial charge in [-0.15, -0.1) is 0 Å². The average Bonchev–Trinajstić information content (AvgIpc) is 3.30. The number of carbonyl (C=O) groups excluding carboxylic acids is 2. The summed E-state index contributed by atoms with van der Waals surface area (Å²) in [6, 6.07) is 19.2. The van der Waals surface area contributed by atoms with Gasteiger partial charge >= 0.3 is 6.03 Å². The van der Waals surface area contributed by atoms with Crippen molar-refractivity contribution < 1.29 is 14.0 Å². The van der Waals surface area contributed by atoms with Crippen LogP contribution in [0.2, 0.25) is 0 Å². The van der Waals surface area contributed by atoms with E-state index in [0.717, 1.165) is 32.8 Å². The van der Waals surface area contributed by atoms with Crippen LogP contribution in [0.4, 0.5) is 10.5 Å². The molecule has 2 heterocycles. The fourth-order valence-electron chi connectivity index (χ4n) is 3.01. The van der Waals surface area contributed by atoms with Crippen LogP contribution in [-0.2, 0) is 17.9 Å². The maximum absolute atomic E-state index is 11.7. The molecule has 0 radical (unpaired) electrons. The molecule has 1 aliphatic rings. The summed E-state index contributed by atoms with van der Waals surface area (Å²) in [5, 5.41) is 5.84. The zero-order chi connectivity index (χ0) is 19.5. The van der Waals surface area contributed by atoms with Gasteiger partial charge in [0, 0.05) is 15.7 Å². The zero-order valence-electron chi connectivity index (χ0n) is 14.9. The minimum absolute atomic E-state index is 0.0654. The van der Waals surface area contributed by atoms with E-state index in [2.05, 4.69) is 26.6 Å². The molecule has 0 spiro atoms. The van der Waals surface area contributed by atoms with Crippen molar-refractivity contribution in [1.29, 1.82) is 0 Å². The van der Waals surface area contributed by atoms with E-state index in [1.165, 1.54) is 4.90 Å². The first-order valence-corrected chi connectivity index (χ1v) is 9.63. The Balaban J connectivity index is 1.39. The number of rotatable bonds is 6. The van der Waals surface area contributed by atoms with Gasteiger partial charge in [0.2, 0.25) is 5.91 Å². The summed E-state index contributed by atoms with van der Waals surface area (Å²) >= 11 is 3.43. The fraction of sp³-hybridized carbons (Fsp3) is 0.143. The molecule has 1 aliphatic heterocycles. The molecule has 1 saturated heterocycles. The number of anilines is 1. The molecule has 0 atom stereocenters. The molecule has 28 heavy (non-hydrogen) atoms. The summed E-state index contributed by atoms with van der Waals surface area (Å²) in [7, 11) is 0. The van der Waals surface area contributed by atoms with Crippen molar-refractivity contribution in [3.63, 3.8) is 0 Å². The Bertz CT molecular complexity index is 998. The van der Waals surface area contributed by atoms with Crippen LogP contribution in [0.25, 0.3) is 11.3 Å². The molecule has 0 aliphatic carbocycles. The Labute approximate surface area is 170 Å². The summed E-state index contributed by atoms with van der Waals surface area (Å²) in [5.41, 5.74) is 2.79. The van der Waals surface area contributed by atoms with E-state index in [1.807, 2.05) is 60.7 Å². The van der Waals surface area contributed by atoms with Crippen LogP contribution in [0.1, 0.15) is 11.3 Å². The molecule has 3 amide bonds. The van der Waals surface area contributed by atoms with Crippen molar-refractivity contribution >= 4 is 33.6 Å². The monoisotopic (exact) mass is 439 g/mol. The predicted molar refractivity (Wildman–Crippen MR) is 110 cm³/mol. The van der Waals surface area contributed by atoms with E-state index in [4.69, 9.17) is 4.42 Å². The maximum atomic E-state index is 11.7. The molecule has 142 valence electrons. The zero-order valence-corrected chi connectivity index (χ0v) is 16.5. The minimum Gasteiger partial charge on any atom is -0.459 e. The molecule has 2 N–H and O–H groups in total. The van der Waals surface area contributed by atoms with Gasteiger partial charge in [-0.1, -0.05) is 40.2 Å². The van der Waals surface area contributed by atoms with Crippen LogP contribution in [0.15, 0.2) is 69.6 Å². The SMILES string of the molecule is O=C1CNC(=O)N1Cc1cccc(NCc2ccc(-c3ccc(Br)cc3)o2)c1. The van der Waals surface area contributed by atoms with E-state index >= 15 is 0 Å². The van der Waals surface area contributed by atoms with Crippen molar-refractivity contribution in [2.24, 2.45) is 0 Å². The number of hydrogen-bond acceptors (Lipinski definition) is 4. The van der Waals surface area contributed by atoms with E-state index < -0.39 is 0 Å². The number of benzene rings is 2. The summed E-state index contributed by atoms with van der Waals surface area (Å²) in [4.78, 5) is 24.6. The first-order valence-electron chi connectivity index (χ1n) is 8.84. The summed E-state index contributed by atoms with van der Waals surface area (Å²) in [6.45, 7) is 0.855. The second-order valence-electron chi connectivity index (χ2n) is 6.47. The highest BCUT2D eigenvalue weighted by atomic mass is 79.9. The van der Waals surface area contributed by atoms with Crippen LogP contribution in [0, 0.1) is 0 Å². The molecule has 2 aromatic carbocycles. The van der Waals surface area contributed by atoms with Gasteiger partial charge in [-0.05, 0) is 42.0 Å². The lowest BCUT2D eigenvalue weighted by atomic mass is 10.2. The highest BCUT2D eigenvalue weighted by Crippen LogP contribution is 2.24. The normalized spacial score (nSPS) is 13.7. The first-order chi connectivity index (χ1) is 13.6. The summed E-state index contributed by atoms with van der Waals surface area (Å²) in [6.07, 6.45) is 0. The number of carbonyl (C=O) groups is 2. The molecule has 3 aromatic rings. The van der Waals surface area contributed by atoms with Crippen molar-refractivity contribution in [1.82, 2.24) is 10.2 Å². The molecule has 1 fully saturated rings. The number of urea groups is 1. The highest BCUT2D eigenvalue weighted by Gasteiger charge is 2.28. The molecule has 0 unspecified atom stereocenters. The lowest BCUT2D eigenvalue weighted by Gasteiger charge is -2.13. The smallest absolute Gasteiger partial charge is 0.324 e. The van der Waals surface area contributed by atoms with Gasteiger partial charge in [0.1, 0.15) is 11.5 Å². The van der Waals surface area contributed by atoms with Crippen LogP contribution in [-0.4, -0.2) is 23.4 Å². The largest absolute Gasteiger partial charge is 0.459 e. The number of hydrogen-bond donors (Lipinski definition) is 2. The molecule has 0 saturated carbocycles. The third-order valence-corrected chi connectivity index (χ3v) is 4.99. The molecule has 1 aromatic heterocycles. The van der Waals surface area contributed by atoms with Crippen LogP contribution in [0.3, 0.4) is 0 Å². The standard InChI is InChI=1S/C21H18BrN3O3/c22-16-6-4-15(5-7-16)19-9-8-18(28-19)11-23-17-3-1-2-14(10-17)13-25-20(26)12-24-21(25)27/h1-10,23H,11-13H2,(H,24,27). The summed E-state index contributed by atoms with van der Waals surface area (Å²) in [5.74, 6) is 1.42. The molecule has 4 rings (SSSR count). The number of imide groups is 1. The number of furan rings is 1. The van der Waals surface area contributed by atoms with Gasteiger partial charge in [-0.2, -0.15) is 0 Å². The number of nitrogens with zero attached hydrogens (tertiary/aromatic N) is 1. The van der Waals surface area contributed by atoms with Crippen LogP contribution < -0.4 is 10.6 Å². The van der Waals surface area contributed by atoms with Gasteiger partial charge in [0.25, 0.3) is 0 Å². The third-order valence-electron chi connectivity index (χ3n) is 4.46. The van der Waals surface area contributed by atoms with E-state index in [9.17, 15) is 9.59 Å². The fourth-order valence-corrected chi connectivity index (χ4v) is 3.27. The van der Waals surface area contributed by atoms with Crippen molar-refractivity contribution in [2.45, 2.75) is 13.1 Å². The molecular formula is C21H18BrN3O3. The Kier molecular flexibility index (Phi) is 5.16. The third kappa shape index (κ3) is 4.09. The van der Waals surface area contributed by atoms with Gasteiger partial charge in [0.05, 0.1) is 19.6 Å². The van der Waals surface area contributed by atoms with Gasteiger partial charge < -0.3 is 15.1 Å².